The van der Waals surface area contributed by atoms with Crippen LogP contribution >= 0.6 is 0 Å². The molecule has 8 fully saturated rings. The van der Waals surface area contributed by atoms with Crippen LogP contribution in [0.1, 0.15) is 134 Å². The molecular formula is C52H66N4O14. The largest absolute Gasteiger partial charge is 0.481 e. The minimum absolute atomic E-state index is 0.00510. The van der Waals surface area contributed by atoms with E-state index in [0.29, 0.717) is 17.9 Å². The summed E-state index contributed by atoms with van der Waals surface area (Å²) in [5, 5.41) is 41.1. The molecule has 2 heterocycles. The van der Waals surface area contributed by atoms with Crippen molar-refractivity contribution < 1.29 is 68.0 Å². The molecule has 0 radical (unpaired) electrons. The van der Waals surface area contributed by atoms with Crippen LogP contribution in [-0.4, -0.2) is 117 Å². The molecule has 378 valence electrons. The molecule has 2 aliphatic heterocycles. The van der Waals surface area contributed by atoms with Crippen LogP contribution in [-0.2, 0) is 59.1 Å². The Balaban J connectivity index is 0.773. The second-order valence-electron chi connectivity index (χ2n) is 21.9. The van der Waals surface area contributed by atoms with Gasteiger partial charge in [0, 0.05) is 53.5 Å². The van der Waals surface area contributed by atoms with Gasteiger partial charge in [-0.25, -0.2) is 4.79 Å². The summed E-state index contributed by atoms with van der Waals surface area (Å²) in [6.07, 6.45) is 10.8. The second-order valence-corrected chi connectivity index (χ2v) is 21.9. The van der Waals surface area contributed by atoms with E-state index >= 15 is 0 Å². The molecule has 6 saturated carbocycles. The van der Waals surface area contributed by atoms with Crippen LogP contribution in [0.5, 0.6) is 0 Å². The van der Waals surface area contributed by atoms with Crippen molar-refractivity contribution in [2.24, 2.45) is 34.0 Å². The number of carboxylic acids is 1. The number of Topliss-reactive ketones (excluding diaryl/α,β-unsaturated/α-hetero) is 1. The Labute approximate surface area is 406 Å². The van der Waals surface area contributed by atoms with E-state index in [-0.39, 0.29) is 80.6 Å². The predicted molar refractivity (Wildman–Crippen MR) is 246 cm³/mol. The standard InChI is InChI=1S/C52H66N4O14/c1-48-16-15-33(58)24-32(48)9-10-34-35-25-39-52(38(60)29-57,49(35,2)27-37(59)45(34)48)69-47(68-39)31-7-5-30(6-8-31)26-50-17-20-51(21-18-50,22-19-50)55-46(67)36(11-14-43(64)65)54-40(61)28-53-23-3-4-44(66)70-56-41(62)12-13-42(56)63/h5-8,15-16,24,34-37,39,45,47,53,57,59H,3-4,9-14,17-23,25-29H2,1-2H3,(H,54,61)(H,55,67)(H,64,65)/t34-,35-,36-,37-,39+,45+,47+,48-,49-,50?,51?,52+/m0/s1. The average molecular weight is 971 g/mol. The number of allylic oxidation sites excluding steroid dienone is 4. The second kappa shape index (κ2) is 19.1. The van der Waals surface area contributed by atoms with Gasteiger partial charge in [0.15, 0.2) is 23.5 Å². The third kappa shape index (κ3) is 8.96. The van der Waals surface area contributed by atoms with Crippen LogP contribution in [0.2, 0.25) is 0 Å². The molecule has 2 bridgehead atoms. The number of ether oxygens (including phenoxy) is 2. The first-order valence-electron chi connectivity index (χ1n) is 25.1. The molecule has 0 spiro atoms. The van der Waals surface area contributed by atoms with Gasteiger partial charge in [0.1, 0.15) is 12.6 Å². The van der Waals surface area contributed by atoms with E-state index in [1.54, 1.807) is 12.2 Å². The summed E-state index contributed by atoms with van der Waals surface area (Å²) in [6.45, 7) is 3.46. The fourth-order valence-electron chi connectivity index (χ4n) is 14.3. The van der Waals surface area contributed by atoms with E-state index in [4.69, 9.17) is 14.3 Å². The molecule has 9 aliphatic rings. The number of benzene rings is 1. The number of hydrogen-bond donors (Lipinski definition) is 6. The van der Waals surface area contributed by atoms with Crippen LogP contribution in [0.4, 0.5) is 0 Å². The Morgan fingerprint density at radius 1 is 0.943 bits per heavy atom. The topological polar surface area (TPSA) is 264 Å². The zero-order chi connectivity index (χ0) is 49.8. The van der Waals surface area contributed by atoms with Crippen molar-refractivity contribution in [3.63, 3.8) is 0 Å². The third-order valence-corrected chi connectivity index (χ3v) is 17.9. The predicted octanol–water partition coefficient (Wildman–Crippen LogP) is 3.37. The van der Waals surface area contributed by atoms with Crippen molar-refractivity contribution in [2.75, 3.05) is 19.7 Å². The number of nitrogens with zero attached hydrogens (tertiary/aromatic N) is 1. The number of amides is 4. The van der Waals surface area contributed by atoms with Gasteiger partial charge in [0.05, 0.1) is 18.8 Å². The number of imide groups is 1. The quantitative estimate of drug-likeness (QED) is 0.0910. The van der Waals surface area contributed by atoms with E-state index in [2.05, 4.69) is 35.0 Å². The number of hydrogen-bond acceptors (Lipinski definition) is 14. The van der Waals surface area contributed by atoms with Crippen LogP contribution < -0.4 is 16.0 Å². The van der Waals surface area contributed by atoms with Gasteiger partial charge in [0.25, 0.3) is 11.8 Å². The van der Waals surface area contributed by atoms with E-state index < -0.39 is 94.5 Å². The maximum Gasteiger partial charge on any atom is 0.333 e. The van der Waals surface area contributed by atoms with E-state index in [0.717, 1.165) is 74.5 Å². The minimum Gasteiger partial charge on any atom is -0.481 e. The first-order chi connectivity index (χ1) is 33.3. The van der Waals surface area contributed by atoms with Crippen molar-refractivity contribution in [3.8, 4) is 0 Å². The molecule has 1 aromatic carbocycles. The van der Waals surface area contributed by atoms with Gasteiger partial charge in [-0.05, 0) is 125 Å². The van der Waals surface area contributed by atoms with E-state index in [1.165, 1.54) is 0 Å². The van der Waals surface area contributed by atoms with Crippen molar-refractivity contribution >= 4 is 47.1 Å². The summed E-state index contributed by atoms with van der Waals surface area (Å²) >= 11 is 0. The molecule has 10 atom stereocenters. The Hall–Kier alpha value is -5.14. The normalized spacial score (nSPS) is 36.4. The van der Waals surface area contributed by atoms with Gasteiger partial charge in [-0.3, -0.25) is 33.6 Å². The number of aliphatic hydroxyl groups excluding tert-OH is 2. The number of aliphatic carboxylic acids is 1. The molecule has 0 aromatic heterocycles. The van der Waals surface area contributed by atoms with Gasteiger partial charge >= 0.3 is 11.9 Å². The summed E-state index contributed by atoms with van der Waals surface area (Å²) in [7, 11) is 0. The number of carbonyl (C=O) groups is 8. The lowest BCUT2D eigenvalue weighted by atomic mass is 9.46. The fourth-order valence-corrected chi connectivity index (χ4v) is 14.3. The third-order valence-electron chi connectivity index (χ3n) is 17.9. The maximum atomic E-state index is 14.0. The summed E-state index contributed by atoms with van der Waals surface area (Å²) in [4.78, 5) is 105. The Bertz CT molecular complexity index is 2340. The zero-order valence-electron chi connectivity index (χ0n) is 40.0. The Kier molecular flexibility index (Phi) is 13.6. The lowest BCUT2D eigenvalue weighted by Gasteiger charge is -2.59. The molecule has 18 heteroatoms. The van der Waals surface area contributed by atoms with E-state index in [1.807, 2.05) is 25.1 Å². The first kappa shape index (κ1) is 49.8. The molecule has 2 saturated heterocycles. The van der Waals surface area contributed by atoms with Crippen molar-refractivity contribution in [2.45, 2.75) is 159 Å². The van der Waals surface area contributed by atoms with Crippen LogP contribution in [0.3, 0.4) is 0 Å². The van der Waals surface area contributed by atoms with Gasteiger partial charge < -0.3 is 45.6 Å². The van der Waals surface area contributed by atoms with Gasteiger partial charge in [-0.2, -0.15) is 0 Å². The van der Waals surface area contributed by atoms with Crippen molar-refractivity contribution in [1.82, 2.24) is 21.0 Å². The number of carboxylic acid groups (broad SMARTS) is 1. The monoisotopic (exact) mass is 970 g/mol. The molecule has 18 nitrogen and oxygen atoms in total. The van der Waals surface area contributed by atoms with Crippen molar-refractivity contribution in [1.29, 1.82) is 0 Å². The van der Waals surface area contributed by atoms with Crippen LogP contribution in [0.25, 0.3) is 0 Å². The zero-order valence-corrected chi connectivity index (χ0v) is 40.0. The van der Waals surface area contributed by atoms with Crippen LogP contribution in [0.15, 0.2) is 48.1 Å². The van der Waals surface area contributed by atoms with Crippen LogP contribution in [0, 0.1) is 34.0 Å². The highest BCUT2D eigenvalue weighted by Gasteiger charge is 2.76. The highest BCUT2D eigenvalue weighted by molar-refractivity contribution is 6.02. The lowest BCUT2D eigenvalue weighted by molar-refractivity contribution is -0.201. The molecule has 0 unspecified atom stereocenters. The number of aliphatic hydroxyl groups is 2. The highest BCUT2D eigenvalue weighted by atomic mass is 16.7. The smallest absolute Gasteiger partial charge is 0.333 e. The van der Waals surface area contributed by atoms with Gasteiger partial charge in [-0.15, -0.1) is 5.06 Å². The number of hydroxylamine groups is 2. The first-order valence-corrected chi connectivity index (χ1v) is 25.1. The molecule has 4 amide bonds. The molecule has 6 N–H and O–H groups in total. The number of carbonyl (C=O) groups excluding carboxylic acids is 7. The number of nitrogens with one attached hydrogen (secondary N) is 3. The summed E-state index contributed by atoms with van der Waals surface area (Å²) < 4.78 is 13.5. The Morgan fingerprint density at radius 3 is 2.31 bits per heavy atom. The minimum atomic E-state index is -1.44. The SMILES string of the molecule is C[C@]12C=CC(=O)C=C1CC[C@@H]1[C@@H]2[C@@H](O)C[C@@]2(C)[C@H]1C[C@H]1O[C@@H](c3ccc(CC45CCC(NC(=O)[C@H](CCC(=O)O)NC(=O)CNCCCC(=O)ON6C(=O)CCC6=O)(CC4)CC5)cc3)O[C@]12C(=O)CO. The molecule has 70 heavy (non-hydrogen) atoms. The van der Waals surface area contributed by atoms with Gasteiger partial charge in [0.2, 0.25) is 11.8 Å². The number of fused-ring (bicyclic) bond motifs is 10. The van der Waals surface area contributed by atoms with Gasteiger partial charge in [-0.1, -0.05) is 49.8 Å². The summed E-state index contributed by atoms with van der Waals surface area (Å²) in [5.74, 6) is -4.47. The fraction of sp³-hybridized carbons (Fsp3) is 0.654. The summed E-state index contributed by atoms with van der Waals surface area (Å²) in [5.41, 5.74) is -0.221. The number of ketones is 2. The van der Waals surface area contributed by atoms with E-state index in [9.17, 15) is 53.7 Å². The highest BCUT2D eigenvalue weighted by Crippen LogP contribution is 2.70. The molecule has 7 aliphatic carbocycles. The number of rotatable bonds is 18. The maximum absolute atomic E-state index is 14.0. The summed E-state index contributed by atoms with van der Waals surface area (Å²) in [6, 6.07) is 7.03. The lowest BCUT2D eigenvalue weighted by Crippen LogP contribution is -2.63. The molecule has 1 aromatic rings. The molecule has 10 rings (SSSR count). The average Bonchev–Trinajstić information content (AvgIpc) is 3.95. The molecular weight excluding hydrogens is 905 g/mol. The Morgan fingerprint density at radius 2 is 1.64 bits per heavy atom. The van der Waals surface area contributed by atoms with Crippen molar-refractivity contribution in [3.05, 3.63) is 59.2 Å².